The van der Waals surface area contributed by atoms with Gasteiger partial charge in [0.05, 0.1) is 12.1 Å². The van der Waals surface area contributed by atoms with Crippen molar-refractivity contribution in [3.8, 4) is 5.75 Å². The van der Waals surface area contributed by atoms with E-state index in [-0.39, 0.29) is 24.8 Å². The van der Waals surface area contributed by atoms with Crippen molar-refractivity contribution in [2.75, 3.05) is 24.5 Å². The van der Waals surface area contributed by atoms with Gasteiger partial charge in [-0.05, 0) is 38.8 Å². The lowest BCUT2D eigenvalue weighted by Gasteiger charge is -2.32. The van der Waals surface area contributed by atoms with Crippen molar-refractivity contribution in [1.29, 1.82) is 0 Å². The van der Waals surface area contributed by atoms with E-state index >= 15 is 0 Å². The predicted molar refractivity (Wildman–Crippen MR) is 94.9 cm³/mol. The van der Waals surface area contributed by atoms with Crippen LogP contribution in [0.3, 0.4) is 0 Å². The zero-order valence-electron chi connectivity index (χ0n) is 15.1. The zero-order valence-corrected chi connectivity index (χ0v) is 15.1. The number of para-hydroxylation sites is 2. The summed E-state index contributed by atoms with van der Waals surface area (Å²) in [4.78, 5) is 40.0. The summed E-state index contributed by atoms with van der Waals surface area (Å²) in [5.41, 5.74) is 0.643. The molecule has 2 unspecified atom stereocenters. The second-order valence-electron chi connectivity index (χ2n) is 6.63. The van der Waals surface area contributed by atoms with Crippen LogP contribution >= 0.6 is 0 Å². The molecule has 7 nitrogen and oxygen atoms in total. The van der Waals surface area contributed by atoms with Gasteiger partial charge in [0.15, 0.2) is 12.2 Å². The first-order valence-corrected chi connectivity index (χ1v) is 9.02. The van der Waals surface area contributed by atoms with Gasteiger partial charge in [0.2, 0.25) is 0 Å². The molecule has 2 aliphatic rings. The molecule has 1 fully saturated rings. The Kier molecular flexibility index (Phi) is 5.44. The van der Waals surface area contributed by atoms with Crippen molar-refractivity contribution < 1.29 is 23.9 Å². The molecule has 0 spiro atoms. The normalized spacial score (nSPS) is 20.4. The van der Waals surface area contributed by atoms with Crippen molar-refractivity contribution in [1.82, 2.24) is 4.90 Å². The third-order valence-electron chi connectivity index (χ3n) is 4.69. The molecule has 0 N–H and O–H groups in total. The number of benzene rings is 1. The Balaban J connectivity index is 1.57. The number of hydrogen-bond acceptors (Lipinski definition) is 5. The van der Waals surface area contributed by atoms with Crippen LogP contribution in [0, 0.1) is 0 Å². The minimum atomic E-state index is -0.799. The van der Waals surface area contributed by atoms with Crippen LogP contribution in [-0.4, -0.2) is 54.5 Å². The summed E-state index contributed by atoms with van der Waals surface area (Å²) in [5.74, 6) is -0.227. The lowest BCUT2D eigenvalue weighted by atomic mass is 10.2. The van der Waals surface area contributed by atoms with E-state index in [1.165, 1.54) is 4.90 Å². The number of rotatable bonds is 5. The summed E-state index contributed by atoms with van der Waals surface area (Å²) in [6.45, 7) is 4.90. The molecular weight excluding hydrogens is 336 g/mol. The molecule has 2 amide bonds. The minimum Gasteiger partial charge on any atom is -0.479 e. The number of fused-ring (bicyclic) bond motifs is 1. The maximum Gasteiger partial charge on any atom is 0.308 e. The molecule has 140 valence electrons. The van der Waals surface area contributed by atoms with Crippen molar-refractivity contribution in [2.24, 2.45) is 0 Å². The number of nitrogens with zero attached hydrogens (tertiary/aromatic N) is 2. The summed E-state index contributed by atoms with van der Waals surface area (Å²) in [6.07, 6.45) is 0.597. The fourth-order valence-electron chi connectivity index (χ4n) is 3.29. The van der Waals surface area contributed by atoms with E-state index in [1.807, 2.05) is 12.1 Å². The first-order chi connectivity index (χ1) is 12.5. The van der Waals surface area contributed by atoms with E-state index in [1.54, 1.807) is 30.9 Å². The molecule has 0 bridgehead atoms. The largest absolute Gasteiger partial charge is 0.479 e. The van der Waals surface area contributed by atoms with Crippen LogP contribution in [0.25, 0.3) is 0 Å². The monoisotopic (exact) mass is 360 g/mol. The number of carbonyl (C=O) groups excluding carboxylic acids is 3. The molecule has 1 aromatic rings. The first-order valence-electron chi connectivity index (χ1n) is 9.02. The van der Waals surface area contributed by atoms with Crippen molar-refractivity contribution in [3.05, 3.63) is 24.3 Å². The Labute approximate surface area is 152 Å². The van der Waals surface area contributed by atoms with Gasteiger partial charge >= 0.3 is 5.97 Å². The Bertz CT molecular complexity index is 699. The van der Waals surface area contributed by atoms with Gasteiger partial charge in [-0.3, -0.25) is 14.4 Å². The average molecular weight is 360 g/mol. The maximum absolute atomic E-state index is 12.4. The number of anilines is 1. The number of hydrogen-bond donors (Lipinski definition) is 0. The average Bonchev–Trinajstić information content (AvgIpc) is 3.16. The highest BCUT2D eigenvalue weighted by Gasteiger charge is 2.32. The highest BCUT2D eigenvalue weighted by atomic mass is 16.5. The molecule has 1 saturated heterocycles. The summed E-state index contributed by atoms with van der Waals surface area (Å²) in [5, 5.41) is 0. The molecule has 26 heavy (non-hydrogen) atoms. The molecule has 0 aromatic heterocycles. The van der Waals surface area contributed by atoms with E-state index in [0.29, 0.717) is 11.4 Å². The summed E-state index contributed by atoms with van der Waals surface area (Å²) >= 11 is 0. The number of ether oxygens (including phenoxy) is 2. The molecule has 7 heteroatoms. The maximum atomic E-state index is 12.4. The van der Waals surface area contributed by atoms with E-state index in [4.69, 9.17) is 9.47 Å². The van der Waals surface area contributed by atoms with Crippen LogP contribution in [0.2, 0.25) is 0 Å². The molecule has 0 aliphatic carbocycles. The molecule has 2 aliphatic heterocycles. The quantitative estimate of drug-likeness (QED) is 0.748. The Hall–Kier alpha value is -2.57. The fourth-order valence-corrected chi connectivity index (χ4v) is 3.29. The van der Waals surface area contributed by atoms with Gasteiger partial charge in [0.1, 0.15) is 5.75 Å². The number of carbonyl (C=O) groups is 3. The van der Waals surface area contributed by atoms with Gasteiger partial charge in [0, 0.05) is 19.6 Å². The number of amides is 2. The van der Waals surface area contributed by atoms with Gasteiger partial charge in [-0.25, -0.2) is 0 Å². The Morgan fingerprint density at radius 1 is 1.27 bits per heavy atom. The van der Waals surface area contributed by atoms with E-state index in [0.717, 1.165) is 25.9 Å². The Morgan fingerprint density at radius 3 is 2.69 bits per heavy atom. The zero-order chi connectivity index (χ0) is 18.7. The van der Waals surface area contributed by atoms with Crippen molar-refractivity contribution in [2.45, 2.75) is 45.3 Å². The van der Waals surface area contributed by atoms with Gasteiger partial charge in [-0.15, -0.1) is 0 Å². The fraction of sp³-hybridized carbons (Fsp3) is 0.526. The van der Waals surface area contributed by atoms with Gasteiger partial charge in [0.25, 0.3) is 11.8 Å². The van der Waals surface area contributed by atoms with Crippen LogP contribution in [0.4, 0.5) is 5.69 Å². The second-order valence-corrected chi connectivity index (χ2v) is 6.63. The molecule has 0 radical (unpaired) electrons. The Morgan fingerprint density at radius 2 is 1.96 bits per heavy atom. The lowest BCUT2D eigenvalue weighted by Crippen LogP contribution is -2.45. The topological polar surface area (TPSA) is 76.1 Å². The van der Waals surface area contributed by atoms with E-state index in [9.17, 15) is 14.4 Å². The lowest BCUT2D eigenvalue weighted by molar-refractivity contribution is -0.158. The summed E-state index contributed by atoms with van der Waals surface area (Å²) < 4.78 is 10.8. The minimum absolute atomic E-state index is 0.0183. The van der Waals surface area contributed by atoms with Crippen molar-refractivity contribution >= 4 is 23.5 Å². The van der Waals surface area contributed by atoms with Crippen LogP contribution in [0.15, 0.2) is 24.3 Å². The van der Waals surface area contributed by atoms with Crippen LogP contribution in [-0.2, 0) is 19.1 Å². The second kappa shape index (κ2) is 7.76. The van der Waals surface area contributed by atoms with Crippen LogP contribution in [0.1, 0.15) is 33.1 Å². The summed E-state index contributed by atoms with van der Waals surface area (Å²) in [7, 11) is 0. The van der Waals surface area contributed by atoms with Gasteiger partial charge < -0.3 is 19.3 Å². The molecular formula is C19H24N2O5. The van der Waals surface area contributed by atoms with Crippen molar-refractivity contribution in [3.63, 3.8) is 0 Å². The third-order valence-corrected chi connectivity index (χ3v) is 4.69. The highest BCUT2D eigenvalue weighted by molar-refractivity contribution is 6.00. The number of esters is 1. The molecule has 2 heterocycles. The van der Waals surface area contributed by atoms with E-state index < -0.39 is 18.2 Å². The SMILES string of the molecule is CC(OC(=O)CCN1C(=O)C(C)Oc2ccccc21)C(=O)N1CCCC1. The molecule has 3 rings (SSSR count). The van der Waals surface area contributed by atoms with E-state index in [2.05, 4.69) is 0 Å². The molecule has 0 saturated carbocycles. The standard InChI is InChI=1S/C19H24N2O5/c1-13(18(23)20-10-5-6-11-20)26-17(22)9-12-21-15-7-3-4-8-16(15)25-14(2)19(21)24/h3-4,7-8,13-14H,5-6,9-12H2,1-2H3. The van der Waals surface area contributed by atoms with Gasteiger partial charge in [-0.2, -0.15) is 0 Å². The third kappa shape index (κ3) is 3.81. The van der Waals surface area contributed by atoms with Crippen LogP contribution < -0.4 is 9.64 Å². The highest BCUT2D eigenvalue weighted by Crippen LogP contribution is 2.33. The molecule has 2 atom stereocenters. The van der Waals surface area contributed by atoms with Gasteiger partial charge in [-0.1, -0.05) is 12.1 Å². The predicted octanol–water partition coefficient (Wildman–Crippen LogP) is 1.74. The summed E-state index contributed by atoms with van der Waals surface area (Å²) in [6, 6.07) is 7.22. The number of likely N-dealkylation sites (tertiary alicyclic amines) is 1. The first kappa shape index (κ1) is 18.2. The molecule has 1 aromatic carbocycles. The van der Waals surface area contributed by atoms with Crippen LogP contribution in [0.5, 0.6) is 5.75 Å². The smallest absolute Gasteiger partial charge is 0.308 e.